The predicted molar refractivity (Wildman–Crippen MR) is 57.2 cm³/mol. The fourth-order valence-corrected chi connectivity index (χ4v) is 1.87. The molecule has 1 fully saturated rings. The molecule has 0 aromatic carbocycles. The highest BCUT2D eigenvalue weighted by Crippen LogP contribution is 2.06. The molecule has 0 aliphatic carbocycles. The van der Waals surface area contributed by atoms with Crippen molar-refractivity contribution in [2.24, 2.45) is 0 Å². The lowest BCUT2D eigenvalue weighted by Crippen LogP contribution is -2.56. The number of hydrogen-bond donors (Lipinski definition) is 2. The third-order valence-electron chi connectivity index (χ3n) is 2.65. The van der Waals surface area contributed by atoms with Crippen molar-refractivity contribution in [2.75, 3.05) is 32.7 Å². The summed E-state index contributed by atoms with van der Waals surface area (Å²) >= 11 is 0. The van der Waals surface area contributed by atoms with Crippen LogP contribution < -0.4 is 10.6 Å². The van der Waals surface area contributed by atoms with E-state index in [1.54, 1.807) is 0 Å². The maximum absolute atomic E-state index is 11.5. The first kappa shape index (κ1) is 11.5. The number of nitrogens with one attached hydrogen (secondary N) is 2. The van der Waals surface area contributed by atoms with Crippen molar-refractivity contribution in [3.63, 3.8) is 0 Å². The lowest BCUT2D eigenvalue weighted by molar-refractivity contribution is -0.129. The minimum absolute atomic E-state index is 0.0856. The molecule has 0 spiro atoms. The summed E-state index contributed by atoms with van der Waals surface area (Å²) in [6.45, 7) is 8.88. The van der Waals surface area contributed by atoms with Gasteiger partial charge in [-0.25, -0.2) is 0 Å². The van der Waals surface area contributed by atoms with Crippen molar-refractivity contribution >= 4 is 5.91 Å². The van der Waals surface area contributed by atoms with E-state index in [0.717, 1.165) is 39.1 Å². The third-order valence-corrected chi connectivity index (χ3v) is 2.65. The van der Waals surface area contributed by atoms with E-state index >= 15 is 0 Å². The molecule has 4 nitrogen and oxygen atoms in total. The van der Waals surface area contributed by atoms with Gasteiger partial charge in [-0.05, 0) is 13.0 Å². The Hall–Kier alpha value is -0.610. The van der Waals surface area contributed by atoms with Gasteiger partial charge in [0.1, 0.15) is 0 Å². The zero-order chi connectivity index (χ0) is 10.4. The second kappa shape index (κ2) is 5.98. The smallest absolute Gasteiger partial charge is 0.237 e. The zero-order valence-corrected chi connectivity index (χ0v) is 9.18. The minimum Gasteiger partial charge on any atom is -0.353 e. The highest BCUT2D eigenvalue weighted by molar-refractivity contribution is 5.82. The molecular formula is C10H21N3O. The standard InChI is InChI=1S/C10H21N3O/c1-3-9-10(14)12-6-8-13(9)7-5-11-4-2/h9,11H,3-8H2,1-2H3,(H,12,14). The molecule has 0 aromatic rings. The summed E-state index contributed by atoms with van der Waals surface area (Å²) in [6, 6.07) is 0.0856. The summed E-state index contributed by atoms with van der Waals surface area (Å²) in [5.41, 5.74) is 0. The van der Waals surface area contributed by atoms with Gasteiger partial charge in [-0.15, -0.1) is 0 Å². The molecule has 0 saturated carbocycles. The van der Waals surface area contributed by atoms with Crippen LogP contribution >= 0.6 is 0 Å². The van der Waals surface area contributed by atoms with Crippen LogP contribution in [0.25, 0.3) is 0 Å². The molecule has 1 saturated heterocycles. The van der Waals surface area contributed by atoms with Gasteiger partial charge in [0.15, 0.2) is 0 Å². The Labute approximate surface area is 86.0 Å². The minimum atomic E-state index is 0.0856. The summed E-state index contributed by atoms with van der Waals surface area (Å²) in [5, 5.41) is 6.18. The van der Waals surface area contributed by atoms with Crippen molar-refractivity contribution < 1.29 is 4.79 Å². The van der Waals surface area contributed by atoms with Crippen LogP contribution in [0.4, 0.5) is 0 Å². The lowest BCUT2D eigenvalue weighted by Gasteiger charge is -2.34. The van der Waals surface area contributed by atoms with E-state index in [-0.39, 0.29) is 11.9 Å². The molecule has 1 amide bonds. The van der Waals surface area contributed by atoms with E-state index in [9.17, 15) is 4.79 Å². The molecule has 2 N–H and O–H groups in total. The Bertz CT molecular complexity index is 184. The van der Waals surface area contributed by atoms with E-state index in [2.05, 4.69) is 29.4 Å². The molecule has 0 bridgehead atoms. The van der Waals surface area contributed by atoms with Crippen molar-refractivity contribution in [3.8, 4) is 0 Å². The number of likely N-dealkylation sites (N-methyl/N-ethyl adjacent to an activating group) is 1. The maximum atomic E-state index is 11.5. The van der Waals surface area contributed by atoms with Crippen molar-refractivity contribution in [1.82, 2.24) is 15.5 Å². The fourth-order valence-electron chi connectivity index (χ4n) is 1.87. The van der Waals surface area contributed by atoms with Crippen LogP contribution in [0.2, 0.25) is 0 Å². The molecule has 1 unspecified atom stereocenters. The van der Waals surface area contributed by atoms with Crippen LogP contribution in [0, 0.1) is 0 Å². The van der Waals surface area contributed by atoms with E-state index in [0.29, 0.717) is 0 Å². The average Bonchev–Trinajstić information content (AvgIpc) is 2.18. The quantitative estimate of drug-likeness (QED) is 0.603. The Kier molecular flexibility index (Phi) is 4.90. The third kappa shape index (κ3) is 2.96. The molecule has 4 heteroatoms. The Morgan fingerprint density at radius 2 is 2.36 bits per heavy atom. The Morgan fingerprint density at radius 3 is 3.00 bits per heavy atom. The van der Waals surface area contributed by atoms with E-state index in [1.807, 2.05) is 0 Å². The number of carbonyl (C=O) groups excluding carboxylic acids is 1. The van der Waals surface area contributed by atoms with Crippen molar-refractivity contribution in [2.45, 2.75) is 26.3 Å². The largest absolute Gasteiger partial charge is 0.353 e. The van der Waals surface area contributed by atoms with Gasteiger partial charge in [-0.1, -0.05) is 13.8 Å². The molecule has 1 aliphatic heterocycles. The highest BCUT2D eigenvalue weighted by atomic mass is 16.2. The molecule has 1 aliphatic rings. The Balaban J connectivity index is 2.36. The van der Waals surface area contributed by atoms with Crippen LogP contribution in [0.3, 0.4) is 0 Å². The fraction of sp³-hybridized carbons (Fsp3) is 0.900. The molecule has 82 valence electrons. The van der Waals surface area contributed by atoms with Crippen LogP contribution in [0.1, 0.15) is 20.3 Å². The highest BCUT2D eigenvalue weighted by Gasteiger charge is 2.26. The van der Waals surface area contributed by atoms with Gasteiger partial charge in [-0.3, -0.25) is 9.69 Å². The van der Waals surface area contributed by atoms with Gasteiger partial charge in [-0.2, -0.15) is 0 Å². The Morgan fingerprint density at radius 1 is 1.57 bits per heavy atom. The second-order valence-electron chi connectivity index (χ2n) is 3.60. The summed E-state index contributed by atoms with van der Waals surface area (Å²) in [4.78, 5) is 13.8. The summed E-state index contributed by atoms with van der Waals surface area (Å²) in [5.74, 6) is 0.190. The van der Waals surface area contributed by atoms with Crippen LogP contribution in [0.15, 0.2) is 0 Å². The number of rotatable bonds is 5. The van der Waals surface area contributed by atoms with Gasteiger partial charge in [0.25, 0.3) is 0 Å². The second-order valence-corrected chi connectivity index (χ2v) is 3.60. The molecular weight excluding hydrogens is 178 g/mol. The molecule has 1 rings (SSSR count). The first-order valence-corrected chi connectivity index (χ1v) is 5.52. The van der Waals surface area contributed by atoms with Crippen LogP contribution in [0.5, 0.6) is 0 Å². The number of hydrogen-bond acceptors (Lipinski definition) is 3. The molecule has 1 heterocycles. The average molecular weight is 199 g/mol. The van der Waals surface area contributed by atoms with Crippen LogP contribution in [-0.4, -0.2) is 49.6 Å². The van der Waals surface area contributed by atoms with Crippen LogP contribution in [-0.2, 0) is 4.79 Å². The van der Waals surface area contributed by atoms with E-state index in [1.165, 1.54) is 0 Å². The monoisotopic (exact) mass is 199 g/mol. The molecule has 1 atom stereocenters. The molecule has 0 aromatic heterocycles. The zero-order valence-electron chi connectivity index (χ0n) is 9.18. The van der Waals surface area contributed by atoms with Gasteiger partial charge in [0.2, 0.25) is 5.91 Å². The summed E-state index contributed by atoms with van der Waals surface area (Å²) < 4.78 is 0. The summed E-state index contributed by atoms with van der Waals surface area (Å²) in [6.07, 6.45) is 0.901. The molecule has 14 heavy (non-hydrogen) atoms. The van der Waals surface area contributed by atoms with E-state index < -0.39 is 0 Å². The normalized spacial score (nSPS) is 23.6. The van der Waals surface area contributed by atoms with Gasteiger partial charge >= 0.3 is 0 Å². The predicted octanol–water partition coefficient (Wildman–Crippen LogP) is -0.194. The SMILES string of the molecule is CCNCCN1CCNC(=O)C1CC. The lowest BCUT2D eigenvalue weighted by atomic mass is 10.1. The van der Waals surface area contributed by atoms with Gasteiger partial charge in [0, 0.05) is 26.2 Å². The number of nitrogens with zero attached hydrogens (tertiary/aromatic N) is 1. The first-order valence-electron chi connectivity index (χ1n) is 5.52. The maximum Gasteiger partial charge on any atom is 0.237 e. The number of piperazine rings is 1. The van der Waals surface area contributed by atoms with Gasteiger partial charge in [0.05, 0.1) is 6.04 Å². The molecule has 0 radical (unpaired) electrons. The summed E-state index contributed by atoms with van der Waals surface area (Å²) in [7, 11) is 0. The van der Waals surface area contributed by atoms with E-state index in [4.69, 9.17) is 0 Å². The van der Waals surface area contributed by atoms with Crippen molar-refractivity contribution in [1.29, 1.82) is 0 Å². The van der Waals surface area contributed by atoms with Gasteiger partial charge < -0.3 is 10.6 Å². The number of carbonyl (C=O) groups is 1. The van der Waals surface area contributed by atoms with Crippen molar-refractivity contribution in [3.05, 3.63) is 0 Å². The topological polar surface area (TPSA) is 44.4 Å². The first-order chi connectivity index (χ1) is 6.79. The number of amides is 1.